The number of aliphatic carboxylic acids is 1. The smallest absolute Gasteiger partial charge is 0.303 e. The first-order valence-electron chi connectivity index (χ1n) is 9.90. The van der Waals surface area contributed by atoms with Crippen LogP contribution >= 0.6 is 0 Å². The Balaban J connectivity index is 2.38. The molecule has 0 bridgehead atoms. The second-order valence-corrected chi connectivity index (χ2v) is 7.41. The summed E-state index contributed by atoms with van der Waals surface area (Å²) < 4.78 is 0. The molecule has 4 N–H and O–H groups in total. The molecule has 5 nitrogen and oxygen atoms in total. The van der Waals surface area contributed by atoms with Gasteiger partial charge in [-0.25, -0.2) is 0 Å². The normalized spacial score (nSPS) is 27.8. The third kappa shape index (κ3) is 8.84. The molecule has 0 aromatic carbocycles. The van der Waals surface area contributed by atoms with Gasteiger partial charge in [0.15, 0.2) is 0 Å². The fraction of sp³-hybridized carbons (Fsp3) is 0.850. The van der Waals surface area contributed by atoms with Gasteiger partial charge >= 0.3 is 5.97 Å². The van der Waals surface area contributed by atoms with Gasteiger partial charge < -0.3 is 20.4 Å². The molecule has 0 heterocycles. The molecule has 1 aliphatic carbocycles. The quantitative estimate of drug-likeness (QED) is 0.300. The zero-order valence-electron chi connectivity index (χ0n) is 15.5. The standard InChI is InChI=1S/C20H36O5/c1-2-3-6-9-15(21)12-13-17-16(18(22)14-19(17)23)10-7-4-5-8-11-20(24)25/h12-13,15-19,21-23H,2-11,14H2,1H3,(H,24,25)/b13-12+/t15-,16?,17+,18+,19+/m0/s1. The van der Waals surface area contributed by atoms with E-state index in [1.807, 2.05) is 6.08 Å². The van der Waals surface area contributed by atoms with Gasteiger partial charge in [-0.2, -0.15) is 0 Å². The van der Waals surface area contributed by atoms with Gasteiger partial charge in [0.1, 0.15) is 0 Å². The third-order valence-corrected chi connectivity index (χ3v) is 5.25. The predicted octanol–water partition coefficient (Wildman–Crippen LogP) is 3.27. The van der Waals surface area contributed by atoms with Crippen LogP contribution in [0.3, 0.4) is 0 Å². The first-order chi connectivity index (χ1) is 12.0. The fourth-order valence-corrected chi connectivity index (χ4v) is 3.74. The van der Waals surface area contributed by atoms with E-state index < -0.39 is 24.3 Å². The van der Waals surface area contributed by atoms with Crippen molar-refractivity contribution in [1.29, 1.82) is 0 Å². The van der Waals surface area contributed by atoms with Gasteiger partial charge in [-0.1, -0.05) is 57.6 Å². The minimum atomic E-state index is -0.753. The van der Waals surface area contributed by atoms with Crippen LogP contribution in [0.15, 0.2) is 12.2 Å². The largest absolute Gasteiger partial charge is 0.481 e. The maximum Gasteiger partial charge on any atom is 0.303 e. The van der Waals surface area contributed by atoms with Crippen molar-refractivity contribution in [3.05, 3.63) is 12.2 Å². The van der Waals surface area contributed by atoms with Gasteiger partial charge in [0.2, 0.25) is 0 Å². The van der Waals surface area contributed by atoms with Crippen LogP contribution in [-0.2, 0) is 4.79 Å². The predicted molar refractivity (Wildman–Crippen MR) is 98.2 cm³/mol. The Morgan fingerprint density at radius 2 is 1.80 bits per heavy atom. The number of hydrogen-bond acceptors (Lipinski definition) is 4. The summed E-state index contributed by atoms with van der Waals surface area (Å²) in [6, 6.07) is 0. The summed E-state index contributed by atoms with van der Waals surface area (Å²) in [5.41, 5.74) is 0. The molecule has 1 fully saturated rings. The van der Waals surface area contributed by atoms with Crippen molar-refractivity contribution >= 4 is 5.97 Å². The highest BCUT2D eigenvalue weighted by Gasteiger charge is 2.39. The van der Waals surface area contributed by atoms with Gasteiger partial charge in [0, 0.05) is 18.8 Å². The first-order valence-corrected chi connectivity index (χ1v) is 9.90. The maximum absolute atomic E-state index is 10.5. The van der Waals surface area contributed by atoms with Crippen LogP contribution in [0.25, 0.3) is 0 Å². The third-order valence-electron chi connectivity index (χ3n) is 5.25. The molecule has 1 unspecified atom stereocenters. The summed E-state index contributed by atoms with van der Waals surface area (Å²) in [5.74, 6) is -0.833. The molecule has 0 aliphatic heterocycles. The average molecular weight is 357 g/mol. The molecule has 5 heteroatoms. The van der Waals surface area contributed by atoms with E-state index in [1.54, 1.807) is 6.08 Å². The Labute approximate surface area is 151 Å². The van der Waals surface area contributed by atoms with Gasteiger partial charge in [-0.05, 0) is 25.2 Å². The minimum absolute atomic E-state index is 0.0218. The minimum Gasteiger partial charge on any atom is -0.481 e. The molecule has 1 aliphatic rings. The monoisotopic (exact) mass is 356 g/mol. The van der Waals surface area contributed by atoms with E-state index in [9.17, 15) is 20.1 Å². The fourth-order valence-electron chi connectivity index (χ4n) is 3.74. The Hall–Kier alpha value is -0.910. The Kier molecular flexibility index (Phi) is 11.0. The lowest BCUT2D eigenvalue weighted by atomic mass is 9.88. The van der Waals surface area contributed by atoms with Crippen molar-refractivity contribution < 1.29 is 25.2 Å². The molecule has 1 rings (SSSR count). The van der Waals surface area contributed by atoms with Crippen molar-refractivity contribution in [2.75, 3.05) is 0 Å². The van der Waals surface area contributed by atoms with Crippen molar-refractivity contribution in [3.63, 3.8) is 0 Å². The average Bonchev–Trinajstić information content (AvgIpc) is 2.82. The van der Waals surface area contributed by atoms with Gasteiger partial charge in [-0.15, -0.1) is 0 Å². The lowest BCUT2D eigenvalue weighted by Gasteiger charge is -2.21. The number of rotatable bonds is 13. The molecule has 146 valence electrons. The van der Waals surface area contributed by atoms with Crippen LogP contribution in [0, 0.1) is 11.8 Å². The topological polar surface area (TPSA) is 98.0 Å². The van der Waals surface area contributed by atoms with Gasteiger partial charge in [0.05, 0.1) is 18.3 Å². The molecular formula is C20H36O5. The zero-order chi connectivity index (χ0) is 18.7. The second-order valence-electron chi connectivity index (χ2n) is 7.41. The number of carboxylic acid groups (broad SMARTS) is 1. The molecule has 0 amide bonds. The SMILES string of the molecule is CCCCC[C@H](O)/C=C/[C@@H]1C(CCCCCCC(=O)O)[C@H](O)C[C@H]1O. The lowest BCUT2D eigenvalue weighted by Crippen LogP contribution is -2.21. The van der Waals surface area contributed by atoms with Crippen LogP contribution in [0.2, 0.25) is 0 Å². The summed E-state index contributed by atoms with van der Waals surface area (Å²) in [6.45, 7) is 2.13. The Bertz CT molecular complexity index is 396. The highest BCUT2D eigenvalue weighted by Crippen LogP contribution is 2.37. The summed E-state index contributed by atoms with van der Waals surface area (Å²) >= 11 is 0. The zero-order valence-corrected chi connectivity index (χ0v) is 15.5. The van der Waals surface area contributed by atoms with E-state index in [4.69, 9.17) is 5.11 Å². The van der Waals surface area contributed by atoms with Crippen molar-refractivity contribution in [3.8, 4) is 0 Å². The number of carbonyl (C=O) groups is 1. The van der Waals surface area contributed by atoms with Crippen LogP contribution in [0.4, 0.5) is 0 Å². The number of hydrogen-bond donors (Lipinski definition) is 4. The van der Waals surface area contributed by atoms with E-state index in [-0.39, 0.29) is 18.3 Å². The van der Waals surface area contributed by atoms with E-state index >= 15 is 0 Å². The number of aliphatic hydroxyl groups excluding tert-OH is 3. The van der Waals surface area contributed by atoms with E-state index in [2.05, 4.69) is 6.92 Å². The molecule has 0 radical (unpaired) electrons. The Morgan fingerprint density at radius 3 is 2.48 bits per heavy atom. The molecule has 0 spiro atoms. The van der Waals surface area contributed by atoms with Crippen molar-refractivity contribution in [1.82, 2.24) is 0 Å². The molecule has 0 aromatic heterocycles. The number of aliphatic hydroxyl groups is 3. The van der Waals surface area contributed by atoms with Crippen molar-refractivity contribution in [2.24, 2.45) is 11.8 Å². The van der Waals surface area contributed by atoms with Crippen LogP contribution < -0.4 is 0 Å². The first kappa shape index (κ1) is 22.1. The molecular weight excluding hydrogens is 320 g/mol. The van der Waals surface area contributed by atoms with Gasteiger partial charge in [-0.3, -0.25) is 4.79 Å². The number of unbranched alkanes of at least 4 members (excludes halogenated alkanes) is 5. The van der Waals surface area contributed by atoms with Gasteiger partial charge in [0.25, 0.3) is 0 Å². The highest BCUT2D eigenvalue weighted by molar-refractivity contribution is 5.66. The van der Waals surface area contributed by atoms with Crippen LogP contribution in [0.5, 0.6) is 0 Å². The van der Waals surface area contributed by atoms with Crippen LogP contribution in [-0.4, -0.2) is 44.7 Å². The van der Waals surface area contributed by atoms with E-state index in [0.29, 0.717) is 12.8 Å². The Morgan fingerprint density at radius 1 is 1.08 bits per heavy atom. The van der Waals surface area contributed by atoms with E-state index in [0.717, 1.165) is 51.4 Å². The van der Waals surface area contributed by atoms with Crippen molar-refractivity contribution in [2.45, 2.75) is 95.9 Å². The summed E-state index contributed by atoms with van der Waals surface area (Å²) in [7, 11) is 0. The second kappa shape index (κ2) is 12.4. The van der Waals surface area contributed by atoms with Crippen LogP contribution in [0.1, 0.15) is 77.6 Å². The summed E-state index contributed by atoms with van der Waals surface area (Å²) in [4.78, 5) is 10.5. The molecule has 0 saturated heterocycles. The molecule has 5 atom stereocenters. The molecule has 1 saturated carbocycles. The molecule has 25 heavy (non-hydrogen) atoms. The maximum atomic E-state index is 10.5. The highest BCUT2D eigenvalue weighted by atomic mass is 16.4. The lowest BCUT2D eigenvalue weighted by molar-refractivity contribution is -0.137. The molecule has 0 aromatic rings. The number of carboxylic acids is 1. The summed E-state index contributed by atoms with van der Waals surface area (Å²) in [6.07, 6.45) is 11.0. The van der Waals surface area contributed by atoms with E-state index in [1.165, 1.54) is 0 Å². The summed E-state index contributed by atoms with van der Waals surface area (Å²) in [5, 5.41) is 39.0.